The standard InChI is InChI=1S/C14H19BrN2O2/c1-10-9-16-7-8-17(10)14(18)11(2)19-13-6-4-3-5-12(13)15/h3-6,10-11,16H,7-9H2,1-2H3/t10-,11-/m0/s1. The topological polar surface area (TPSA) is 41.6 Å². The lowest BCUT2D eigenvalue weighted by atomic mass is 10.2. The smallest absolute Gasteiger partial charge is 0.263 e. The number of hydrogen-bond acceptors (Lipinski definition) is 3. The average Bonchev–Trinajstić information content (AvgIpc) is 2.41. The number of halogens is 1. The Morgan fingerprint density at radius 3 is 2.95 bits per heavy atom. The van der Waals surface area contributed by atoms with Crippen molar-refractivity contribution in [3.63, 3.8) is 0 Å². The van der Waals surface area contributed by atoms with E-state index >= 15 is 0 Å². The van der Waals surface area contributed by atoms with Crippen molar-refractivity contribution < 1.29 is 9.53 Å². The lowest BCUT2D eigenvalue weighted by Gasteiger charge is -2.35. The minimum absolute atomic E-state index is 0.0461. The van der Waals surface area contributed by atoms with Crippen molar-refractivity contribution in [2.24, 2.45) is 0 Å². The monoisotopic (exact) mass is 326 g/mol. The summed E-state index contributed by atoms with van der Waals surface area (Å²) in [6.07, 6.45) is -0.473. The van der Waals surface area contributed by atoms with Crippen molar-refractivity contribution in [1.29, 1.82) is 0 Å². The van der Waals surface area contributed by atoms with Gasteiger partial charge in [-0.1, -0.05) is 12.1 Å². The fourth-order valence-corrected chi connectivity index (χ4v) is 2.56. The molecule has 0 unspecified atom stereocenters. The minimum atomic E-state index is -0.473. The van der Waals surface area contributed by atoms with Gasteiger partial charge in [0, 0.05) is 25.7 Å². The molecule has 0 spiro atoms. The number of carbonyl (C=O) groups excluding carboxylic acids is 1. The maximum atomic E-state index is 12.4. The van der Waals surface area contributed by atoms with Gasteiger partial charge in [-0.3, -0.25) is 4.79 Å². The highest BCUT2D eigenvalue weighted by molar-refractivity contribution is 9.10. The number of carbonyl (C=O) groups is 1. The van der Waals surface area contributed by atoms with Gasteiger partial charge < -0.3 is 15.0 Å². The molecule has 1 aromatic carbocycles. The molecule has 1 aromatic rings. The SMILES string of the molecule is C[C@H](Oc1ccccc1Br)C(=O)N1CCNC[C@@H]1C. The van der Waals surface area contributed by atoms with Gasteiger partial charge in [0.2, 0.25) is 0 Å². The van der Waals surface area contributed by atoms with Gasteiger partial charge >= 0.3 is 0 Å². The molecule has 5 heteroatoms. The van der Waals surface area contributed by atoms with Gasteiger partial charge in [0.1, 0.15) is 5.75 Å². The summed E-state index contributed by atoms with van der Waals surface area (Å²) in [6.45, 7) is 6.28. The van der Waals surface area contributed by atoms with Crippen molar-refractivity contribution in [3.05, 3.63) is 28.7 Å². The molecule has 0 bridgehead atoms. The van der Waals surface area contributed by atoms with E-state index in [-0.39, 0.29) is 11.9 Å². The van der Waals surface area contributed by atoms with Crippen LogP contribution in [0.15, 0.2) is 28.7 Å². The van der Waals surface area contributed by atoms with Crippen LogP contribution in [0.4, 0.5) is 0 Å². The molecule has 1 aliphatic rings. The molecular weight excluding hydrogens is 308 g/mol. The minimum Gasteiger partial charge on any atom is -0.480 e. The fraction of sp³-hybridized carbons (Fsp3) is 0.500. The molecule has 1 aliphatic heterocycles. The van der Waals surface area contributed by atoms with Crippen LogP contribution in [0, 0.1) is 0 Å². The summed E-state index contributed by atoms with van der Waals surface area (Å²) in [5, 5.41) is 3.27. The Morgan fingerprint density at radius 2 is 2.26 bits per heavy atom. The molecule has 0 radical (unpaired) electrons. The molecular formula is C14H19BrN2O2. The van der Waals surface area contributed by atoms with Crippen LogP contribution in [-0.4, -0.2) is 42.6 Å². The zero-order valence-electron chi connectivity index (χ0n) is 11.2. The Kier molecular flexibility index (Phi) is 4.82. The predicted octanol–water partition coefficient (Wildman–Crippen LogP) is 2.04. The molecule has 1 fully saturated rings. The van der Waals surface area contributed by atoms with Crippen LogP contribution >= 0.6 is 15.9 Å². The normalized spacial score (nSPS) is 21.0. The Morgan fingerprint density at radius 1 is 1.53 bits per heavy atom. The summed E-state index contributed by atoms with van der Waals surface area (Å²) in [7, 11) is 0. The van der Waals surface area contributed by atoms with E-state index in [2.05, 4.69) is 28.2 Å². The quantitative estimate of drug-likeness (QED) is 0.924. The molecule has 0 aromatic heterocycles. The van der Waals surface area contributed by atoms with Gasteiger partial charge in [0.25, 0.3) is 5.91 Å². The molecule has 19 heavy (non-hydrogen) atoms. The van der Waals surface area contributed by atoms with Crippen molar-refractivity contribution in [2.45, 2.75) is 26.0 Å². The van der Waals surface area contributed by atoms with Gasteiger partial charge in [-0.05, 0) is 41.9 Å². The van der Waals surface area contributed by atoms with E-state index in [1.165, 1.54) is 0 Å². The second kappa shape index (κ2) is 6.39. The third-order valence-corrected chi connectivity index (χ3v) is 3.93. The third-order valence-electron chi connectivity index (χ3n) is 3.27. The highest BCUT2D eigenvalue weighted by Crippen LogP contribution is 2.25. The number of benzene rings is 1. The first-order valence-corrected chi connectivity index (χ1v) is 7.31. The summed E-state index contributed by atoms with van der Waals surface area (Å²) in [6, 6.07) is 7.79. The van der Waals surface area contributed by atoms with E-state index in [0.29, 0.717) is 5.75 Å². The summed E-state index contributed by atoms with van der Waals surface area (Å²) >= 11 is 3.42. The number of ether oxygens (including phenoxy) is 1. The molecule has 0 aliphatic carbocycles. The highest BCUT2D eigenvalue weighted by atomic mass is 79.9. The van der Waals surface area contributed by atoms with Crippen LogP contribution in [0.5, 0.6) is 5.75 Å². The first-order valence-electron chi connectivity index (χ1n) is 6.52. The lowest BCUT2D eigenvalue weighted by molar-refractivity contribution is -0.140. The van der Waals surface area contributed by atoms with Crippen LogP contribution in [0.3, 0.4) is 0 Å². The Balaban J connectivity index is 2.01. The first-order chi connectivity index (χ1) is 9.09. The summed E-state index contributed by atoms with van der Waals surface area (Å²) in [4.78, 5) is 14.3. The van der Waals surface area contributed by atoms with Crippen LogP contribution in [-0.2, 0) is 4.79 Å². The summed E-state index contributed by atoms with van der Waals surface area (Å²) in [5.41, 5.74) is 0. The summed E-state index contributed by atoms with van der Waals surface area (Å²) in [5.74, 6) is 0.746. The number of nitrogens with one attached hydrogen (secondary N) is 1. The van der Waals surface area contributed by atoms with E-state index in [1.54, 1.807) is 6.92 Å². The Hall–Kier alpha value is -1.07. The predicted molar refractivity (Wildman–Crippen MR) is 78.3 cm³/mol. The van der Waals surface area contributed by atoms with E-state index in [0.717, 1.165) is 24.1 Å². The first kappa shape index (κ1) is 14.3. The van der Waals surface area contributed by atoms with E-state index in [1.807, 2.05) is 29.2 Å². The largest absolute Gasteiger partial charge is 0.480 e. The molecule has 4 nitrogen and oxygen atoms in total. The van der Waals surface area contributed by atoms with Crippen LogP contribution in [0.1, 0.15) is 13.8 Å². The maximum absolute atomic E-state index is 12.4. The van der Waals surface area contributed by atoms with Crippen molar-refractivity contribution >= 4 is 21.8 Å². The van der Waals surface area contributed by atoms with Gasteiger partial charge in [-0.25, -0.2) is 0 Å². The molecule has 1 N–H and O–H groups in total. The van der Waals surface area contributed by atoms with E-state index in [9.17, 15) is 4.79 Å². The third kappa shape index (κ3) is 3.48. The molecule has 0 saturated carbocycles. The fourth-order valence-electron chi connectivity index (χ4n) is 2.18. The van der Waals surface area contributed by atoms with Crippen LogP contribution in [0.2, 0.25) is 0 Å². The van der Waals surface area contributed by atoms with Crippen molar-refractivity contribution in [1.82, 2.24) is 10.2 Å². The molecule has 1 saturated heterocycles. The number of rotatable bonds is 3. The Bertz CT molecular complexity index is 453. The Labute approximate surface area is 122 Å². The highest BCUT2D eigenvalue weighted by Gasteiger charge is 2.28. The average molecular weight is 327 g/mol. The zero-order chi connectivity index (χ0) is 13.8. The molecule has 1 amide bonds. The van der Waals surface area contributed by atoms with Gasteiger partial charge in [0.15, 0.2) is 6.10 Å². The molecule has 2 atom stereocenters. The molecule has 1 heterocycles. The van der Waals surface area contributed by atoms with E-state index in [4.69, 9.17) is 4.74 Å². The van der Waals surface area contributed by atoms with Gasteiger partial charge in [0.05, 0.1) is 4.47 Å². The van der Waals surface area contributed by atoms with Gasteiger partial charge in [-0.15, -0.1) is 0 Å². The number of nitrogens with zero attached hydrogens (tertiary/aromatic N) is 1. The van der Waals surface area contributed by atoms with Crippen molar-refractivity contribution in [3.8, 4) is 5.75 Å². The number of amides is 1. The zero-order valence-corrected chi connectivity index (χ0v) is 12.8. The van der Waals surface area contributed by atoms with Crippen LogP contribution < -0.4 is 10.1 Å². The number of piperazine rings is 1. The molecule has 2 rings (SSSR count). The second-order valence-electron chi connectivity index (χ2n) is 4.78. The number of hydrogen-bond donors (Lipinski definition) is 1. The van der Waals surface area contributed by atoms with Crippen molar-refractivity contribution in [2.75, 3.05) is 19.6 Å². The summed E-state index contributed by atoms with van der Waals surface area (Å²) < 4.78 is 6.61. The van der Waals surface area contributed by atoms with Crippen LogP contribution in [0.25, 0.3) is 0 Å². The van der Waals surface area contributed by atoms with Gasteiger partial charge in [-0.2, -0.15) is 0 Å². The second-order valence-corrected chi connectivity index (χ2v) is 5.63. The lowest BCUT2D eigenvalue weighted by Crippen LogP contribution is -2.55. The number of para-hydroxylation sites is 1. The maximum Gasteiger partial charge on any atom is 0.263 e. The van der Waals surface area contributed by atoms with E-state index < -0.39 is 6.10 Å². The molecule has 104 valence electrons.